The Labute approximate surface area is 108 Å². The molecule has 1 heterocycles. The molecule has 1 fully saturated rings. The molecule has 2 N–H and O–H groups in total. The quantitative estimate of drug-likeness (QED) is 0.887. The molecular weight excluding hydrogens is 231 g/mol. The predicted molar refractivity (Wildman–Crippen MR) is 69.7 cm³/mol. The molecule has 2 unspecified atom stereocenters. The number of hydrogen-bond acceptors (Lipinski definition) is 3. The molecular formula is C14H21FN2O. The summed E-state index contributed by atoms with van der Waals surface area (Å²) in [6.45, 7) is 4.04. The van der Waals surface area contributed by atoms with Crippen molar-refractivity contribution >= 4 is 0 Å². The van der Waals surface area contributed by atoms with Gasteiger partial charge >= 0.3 is 0 Å². The summed E-state index contributed by atoms with van der Waals surface area (Å²) in [5, 5.41) is 0. The van der Waals surface area contributed by atoms with E-state index in [0.29, 0.717) is 13.1 Å². The first-order valence-corrected chi connectivity index (χ1v) is 6.36. The van der Waals surface area contributed by atoms with E-state index in [-0.39, 0.29) is 17.5 Å². The van der Waals surface area contributed by atoms with Gasteiger partial charge in [0.1, 0.15) is 5.82 Å². The lowest BCUT2D eigenvalue weighted by molar-refractivity contribution is 0.0245. The van der Waals surface area contributed by atoms with Crippen molar-refractivity contribution in [1.29, 1.82) is 0 Å². The highest BCUT2D eigenvalue weighted by molar-refractivity contribution is 5.17. The van der Waals surface area contributed by atoms with Crippen molar-refractivity contribution < 1.29 is 9.13 Å². The van der Waals surface area contributed by atoms with Crippen LogP contribution in [0.3, 0.4) is 0 Å². The Kier molecular flexibility index (Phi) is 4.00. The highest BCUT2D eigenvalue weighted by Crippen LogP contribution is 2.31. The number of nitrogens with zero attached hydrogens (tertiary/aromatic N) is 1. The van der Waals surface area contributed by atoms with Crippen LogP contribution in [0.4, 0.5) is 4.39 Å². The third-order valence-electron chi connectivity index (χ3n) is 4.08. The van der Waals surface area contributed by atoms with Gasteiger partial charge in [0, 0.05) is 19.7 Å². The van der Waals surface area contributed by atoms with Crippen molar-refractivity contribution in [3.63, 3.8) is 0 Å². The summed E-state index contributed by atoms with van der Waals surface area (Å²) in [6, 6.07) is 6.71. The zero-order valence-corrected chi connectivity index (χ0v) is 11.0. The molecule has 0 aliphatic carbocycles. The molecule has 2 atom stereocenters. The van der Waals surface area contributed by atoms with Gasteiger partial charge in [-0.1, -0.05) is 12.1 Å². The molecule has 18 heavy (non-hydrogen) atoms. The van der Waals surface area contributed by atoms with Crippen LogP contribution in [0.5, 0.6) is 0 Å². The molecule has 100 valence electrons. The predicted octanol–water partition coefficient (Wildman–Crippen LogP) is 1.76. The molecule has 1 aliphatic heterocycles. The minimum absolute atomic E-state index is 0.112. The molecule has 0 amide bonds. The molecule has 4 heteroatoms. The molecule has 1 saturated heterocycles. The van der Waals surface area contributed by atoms with E-state index < -0.39 is 0 Å². The summed E-state index contributed by atoms with van der Waals surface area (Å²) < 4.78 is 18.8. The first-order valence-electron chi connectivity index (χ1n) is 6.36. The third kappa shape index (κ3) is 2.41. The Morgan fingerprint density at radius 1 is 1.56 bits per heavy atom. The number of rotatable bonds is 4. The van der Waals surface area contributed by atoms with E-state index in [9.17, 15) is 4.39 Å². The Hall–Kier alpha value is -0.970. The highest BCUT2D eigenvalue weighted by atomic mass is 19.1. The summed E-state index contributed by atoms with van der Waals surface area (Å²) in [4.78, 5) is 2.19. The number of benzene rings is 1. The maximum absolute atomic E-state index is 13.2. The van der Waals surface area contributed by atoms with Gasteiger partial charge in [0.2, 0.25) is 0 Å². The van der Waals surface area contributed by atoms with Crippen molar-refractivity contribution in [2.75, 3.05) is 20.2 Å². The van der Waals surface area contributed by atoms with Gasteiger partial charge in [0.15, 0.2) is 0 Å². The minimum atomic E-state index is -0.196. The van der Waals surface area contributed by atoms with Crippen LogP contribution < -0.4 is 5.73 Å². The van der Waals surface area contributed by atoms with Crippen LogP contribution in [0.25, 0.3) is 0 Å². The average molecular weight is 252 g/mol. The van der Waals surface area contributed by atoms with Crippen molar-refractivity contribution in [1.82, 2.24) is 4.90 Å². The first-order chi connectivity index (χ1) is 8.58. The molecule has 1 aromatic rings. The summed E-state index contributed by atoms with van der Waals surface area (Å²) in [5.41, 5.74) is 6.78. The van der Waals surface area contributed by atoms with Gasteiger partial charge in [-0.3, -0.25) is 4.90 Å². The minimum Gasteiger partial charge on any atom is -0.376 e. The van der Waals surface area contributed by atoms with Crippen LogP contribution in [0.2, 0.25) is 0 Å². The largest absolute Gasteiger partial charge is 0.376 e. The summed E-state index contributed by atoms with van der Waals surface area (Å²) in [5.74, 6) is -0.196. The first kappa shape index (κ1) is 13.5. The number of halogens is 1. The lowest BCUT2D eigenvalue weighted by Crippen LogP contribution is -2.56. The molecule has 0 radical (unpaired) electrons. The fourth-order valence-electron chi connectivity index (χ4n) is 2.76. The molecule has 3 nitrogen and oxygen atoms in total. The van der Waals surface area contributed by atoms with Crippen LogP contribution in [-0.4, -0.2) is 36.7 Å². The van der Waals surface area contributed by atoms with Crippen LogP contribution in [0, 0.1) is 5.82 Å². The van der Waals surface area contributed by atoms with Crippen molar-refractivity contribution in [2.24, 2.45) is 5.73 Å². The molecule has 1 aliphatic rings. The average Bonchev–Trinajstić information content (AvgIpc) is 2.71. The summed E-state index contributed by atoms with van der Waals surface area (Å²) in [7, 11) is 2.03. The third-order valence-corrected chi connectivity index (χ3v) is 4.08. The molecule has 0 saturated carbocycles. The number of hydrogen-bond donors (Lipinski definition) is 1. The van der Waals surface area contributed by atoms with E-state index in [2.05, 4.69) is 11.8 Å². The standard InChI is InChI=1S/C14H21FN2O/c1-11-14(10-16,6-7-18-11)17(2)9-12-4-3-5-13(15)8-12/h3-5,8,11H,6-7,9-10,16H2,1-2H3. The van der Waals surface area contributed by atoms with Gasteiger partial charge in [0.05, 0.1) is 11.6 Å². The Balaban J connectivity index is 2.13. The second-order valence-corrected chi connectivity index (χ2v) is 5.06. The maximum atomic E-state index is 13.2. The van der Waals surface area contributed by atoms with E-state index in [1.54, 1.807) is 12.1 Å². The van der Waals surface area contributed by atoms with Gasteiger partial charge < -0.3 is 10.5 Å². The topological polar surface area (TPSA) is 38.5 Å². The molecule has 0 spiro atoms. The van der Waals surface area contributed by atoms with Gasteiger partial charge in [-0.05, 0) is 38.1 Å². The second kappa shape index (κ2) is 5.34. The highest BCUT2D eigenvalue weighted by Gasteiger charge is 2.43. The van der Waals surface area contributed by atoms with Gasteiger partial charge in [-0.25, -0.2) is 4.39 Å². The monoisotopic (exact) mass is 252 g/mol. The van der Waals surface area contributed by atoms with Crippen molar-refractivity contribution in [2.45, 2.75) is 31.5 Å². The van der Waals surface area contributed by atoms with Crippen LogP contribution in [-0.2, 0) is 11.3 Å². The van der Waals surface area contributed by atoms with Crippen molar-refractivity contribution in [3.8, 4) is 0 Å². The van der Waals surface area contributed by atoms with E-state index in [1.165, 1.54) is 6.07 Å². The summed E-state index contributed by atoms with van der Waals surface area (Å²) in [6.07, 6.45) is 1.04. The maximum Gasteiger partial charge on any atom is 0.123 e. The van der Waals surface area contributed by atoms with Gasteiger partial charge in [0.25, 0.3) is 0 Å². The lowest BCUT2D eigenvalue weighted by atomic mass is 9.90. The molecule has 1 aromatic carbocycles. The molecule has 0 bridgehead atoms. The Morgan fingerprint density at radius 3 is 2.89 bits per heavy atom. The molecule has 2 rings (SSSR count). The fourth-order valence-corrected chi connectivity index (χ4v) is 2.76. The zero-order valence-electron chi connectivity index (χ0n) is 11.0. The van der Waals surface area contributed by atoms with Gasteiger partial charge in [-0.15, -0.1) is 0 Å². The SMILES string of the molecule is CC1OCCC1(CN)N(C)Cc1cccc(F)c1. The number of nitrogens with two attached hydrogens (primary N) is 1. The van der Waals surface area contributed by atoms with E-state index in [1.807, 2.05) is 13.1 Å². The number of ether oxygens (including phenoxy) is 1. The Morgan fingerprint density at radius 2 is 2.33 bits per heavy atom. The van der Waals surface area contributed by atoms with Gasteiger partial charge in [-0.2, -0.15) is 0 Å². The van der Waals surface area contributed by atoms with Crippen LogP contribution >= 0.6 is 0 Å². The number of likely N-dealkylation sites (N-methyl/N-ethyl adjacent to an activating group) is 1. The lowest BCUT2D eigenvalue weighted by Gasteiger charge is -2.40. The smallest absolute Gasteiger partial charge is 0.123 e. The summed E-state index contributed by atoms with van der Waals surface area (Å²) >= 11 is 0. The van der Waals surface area contributed by atoms with Crippen molar-refractivity contribution in [3.05, 3.63) is 35.6 Å². The second-order valence-electron chi connectivity index (χ2n) is 5.06. The van der Waals surface area contributed by atoms with E-state index in [0.717, 1.165) is 18.6 Å². The van der Waals surface area contributed by atoms with E-state index in [4.69, 9.17) is 10.5 Å². The normalized spacial score (nSPS) is 27.9. The zero-order chi connectivity index (χ0) is 13.2. The fraction of sp³-hybridized carbons (Fsp3) is 0.571. The molecule has 0 aromatic heterocycles. The van der Waals surface area contributed by atoms with Crippen LogP contribution in [0.15, 0.2) is 24.3 Å². The Bertz CT molecular complexity index is 413. The van der Waals surface area contributed by atoms with E-state index >= 15 is 0 Å². The van der Waals surface area contributed by atoms with Crippen LogP contribution in [0.1, 0.15) is 18.9 Å².